The normalized spacial score (nSPS) is 25.7. The SMILES string of the molecule is CN1C(=O)[C@@H](COCc2ccccc2)[C@H](OCc2ccccc2)C1(C)O. The number of hydrogen-bond donors (Lipinski definition) is 1. The molecule has 1 aliphatic rings. The molecule has 2 aromatic carbocycles. The van der Waals surface area contributed by atoms with E-state index in [9.17, 15) is 9.90 Å². The van der Waals surface area contributed by atoms with Crippen LogP contribution in [0.2, 0.25) is 0 Å². The molecule has 26 heavy (non-hydrogen) atoms. The lowest BCUT2D eigenvalue weighted by Gasteiger charge is -2.31. The highest BCUT2D eigenvalue weighted by molar-refractivity contribution is 5.83. The number of nitrogens with zero attached hydrogens (tertiary/aromatic N) is 1. The quantitative estimate of drug-likeness (QED) is 0.829. The van der Waals surface area contributed by atoms with E-state index in [1.165, 1.54) is 4.90 Å². The van der Waals surface area contributed by atoms with Gasteiger partial charge in [-0.3, -0.25) is 4.79 Å². The maximum absolute atomic E-state index is 12.6. The average Bonchev–Trinajstić information content (AvgIpc) is 2.82. The van der Waals surface area contributed by atoms with Gasteiger partial charge in [0.05, 0.1) is 25.7 Å². The molecule has 0 aromatic heterocycles. The zero-order chi connectivity index (χ0) is 18.6. The van der Waals surface area contributed by atoms with Crippen molar-refractivity contribution in [2.75, 3.05) is 13.7 Å². The van der Waals surface area contributed by atoms with Gasteiger partial charge in [-0.15, -0.1) is 0 Å². The van der Waals surface area contributed by atoms with Gasteiger partial charge in [0, 0.05) is 7.05 Å². The monoisotopic (exact) mass is 355 g/mol. The fourth-order valence-electron chi connectivity index (χ4n) is 3.24. The van der Waals surface area contributed by atoms with Gasteiger partial charge in [0.25, 0.3) is 0 Å². The van der Waals surface area contributed by atoms with Gasteiger partial charge in [0.1, 0.15) is 6.10 Å². The lowest BCUT2D eigenvalue weighted by atomic mass is 10.00. The van der Waals surface area contributed by atoms with Crippen molar-refractivity contribution < 1.29 is 19.4 Å². The molecule has 1 N–H and O–H groups in total. The Morgan fingerprint density at radius 3 is 2.12 bits per heavy atom. The average molecular weight is 355 g/mol. The maximum atomic E-state index is 12.6. The molecular weight excluding hydrogens is 330 g/mol. The van der Waals surface area contributed by atoms with Crippen molar-refractivity contribution in [2.45, 2.75) is 32.0 Å². The summed E-state index contributed by atoms with van der Waals surface area (Å²) < 4.78 is 11.7. The highest BCUT2D eigenvalue weighted by Gasteiger charge is 2.54. The first-order valence-corrected chi connectivity index (χ1v) is 8.77. The summed E-state index contributed by atoms with van der Waals surface area (Å²) in [4.78, 5) is 13.9. The predicted octanol–water partition coefficient (Wildman–Crippen LogP) is 2.59. The third kappa shape index (κ3) is 3.96. The van der Waals surface area contributed by atoms with Crippen molar-refractivity contribution in [1.29, 1.82) is 0 Å². The van der Waals surface area contributed by atoms with E-state index in [4.69, 9.17) is 9.47 Å². The van der Waals surface area contributed by atoms with E-state index >= 15 is 0 Å². The predicted molar refractivity (Wildman–Crippen MR) is 98.0 cm³/mol. The van der Waals surface area contributed by atoms with E-state index in [1.807, 2.05) is 60.7 Å². The molecule has 1 heterocycles. The number of ether oxygens (including phenoxy) is 2. The number of amides is 1. The van der Waals surface area contributed by atoms with Crippen LogP contribution in [0.5, 0.6) is 0 Å². The molecule has 0 spiro atoms. The number of rotatable bonds is 7. The Bertz CT molecular complexity index is 717. The topological polar surface area (TPSA) is 59.0 Å². The molecule has 138 valence electrons. The minimum atomic E-state index is -1.37. The van der Waals surface area contributed by atoms with Crippen LogP contribution >= 0.6 is 0 Å². The summed E-state index contributed by atoms with van der Waals surface area (Å²) in [5.74, 6) is -0.705. The second-order valence-corrected chi connectivity index (χ2v) is 6.82. The van der Waals surface area contributed by atoms with Crippen molar-refractivity contribution in [1.82, 2.24) is 4.90 Å². The van der Waals surface area contributed by atoms with Crippen molar-refractivity contribution in [3.63, 3.8) is 0 Å². The summed E-state index contributed by atoms with van der Waals surface area (Å²) in [7, 11) is 1.60. The zero-order valence-corrected chi connectivity index (χ0v) is 15.2. The van der Waals surface area contributed by atoms with E-state index < -0.39 is 17.7 Å². The van der Waals surface area contributed by atoms with Crippen molar-refractivity contribution >= 4 is 5.91 Å². The molecule has 1 aliphatic heterocycles. The second kappa shape index (κ2) is 7.99. The van der Waals surface area contributed by atoms with Crippen LogP contribution in [0.1, 0.15) is 18.1 Å². The van der Waals surface area contributed by atoms with Crippen molar-refractivity contribution in [2.24, 2.45) is 5.92 Å². The minimum absolute atomic E-state index is 0.166. The minimum Gasteiger partial charge on any atom is -0.376 e. The number of carbonyl (C=O) groups excluding carboxylic acids is 1. The van der Waals surface area contributed by atoms with E-state index in [0.29, 0.717) is 13.2 Å². The van der Waals surface area contributed by atoms with E-state index in [1.54, 1.807) is 14.0 Å². The molecule has 1 unspecified atom stereocenters. The molecule has 3 atom stereocenters. The van der Waals surface area contributed by atoms with Crippen LogP contribution in [-0.2, 0) is 27.5 Å². The molecule has 0 aliphatic carbocycles. The van der Waals surface area contributed by atoms with Crippen molar-refractivity contribution in [3.05, 3.63) is 71.8 Å². The van der Waals surface area contributed by atoms with E-state index in [-0.39, 0.29) is 12.5 Å². The zero-order valence-electron chi connectivity index (χ0n) is 15.2. The fourth-order valence-corrected chi connectivity index (χ4v) is 3.24. The van der Waals surface area contributed by atoms with Gasteiger partial charge in [-0.1, -0.05) is 60.7 Å². The molecular formula is C21H25NO4. The van der Waals surface area contributed by atoms with E-state index in [0.717, 1.165) is 11.1 Å². The van der Waals surface area contributed by atoms with Crippen LogP contribution in [0.25, 0.3) is 0 Å². The van der Waals surface area contributed by atoms with Crippen LogP contribution in [-0.4, -0.2) is 41.4 Å². The second-order valence-electron chi connectivity index (χ2n) is 6.82. The third-order valence-electron chi connectivity index (χ3n) is 4.91. The number of carbonyl (C=O) groups is 1. The first-order chi connectivity index (χ1) is 12.5. The van der Waals surface area contributed by atoms with Crippen LogP contribution < -0.4 is 0 Å². The number of likely N-dealkylation sites (N-methyl/N-ethyl adjacent to an activating group) is 1. The molecule has 5 nitrogen and oxygen atoms in total. The smallest absolute Gasteiger partial charge is 0.232 e. The highest BCUT2D eigenvalue weighted by Crippen LogP contribution is 2.34. The van der Waals surface area contributed by atoms with E-state index in [2.05, 4.69) is 0 Å². The first-order valence-electron chi connectivity index (χ1n) is 8.77. The largest absolute Gasteiger partial charge is 0.376 e. The molecule has 1 saturated heterocycles. The van der Waals surface area contributed by atoms with Crippen LogP contribution in [0.4, 0.5) is 0 Å². The third-order valence-corrected chi connectivity index (χ3v) is 4.91. The summed E-state index contributed by atoms with van der Waals surface area (Å²) >= 11 is 0. The summed E-state index contributed by atoms with van der Waals surface area (Å²) in [6.45, 7) is 2.56. The summed E-state index contributed by atoms with van der Waals surface area (Å²) in [6, 6.07) is 19.5. The van der Waals surface area contributed by atoms with Crippen LogP contribution in [0.3, 0.4) is 0 Å². The Hall–Kier alpha value is -2.21. The van der Waals surface area contributed by atoms with Gasteiger partial charge >= 0.3 is 0 Å². The Morgan fingerprint density at radius 1 is 1.00 bits per heavy atom. The number of benzene rings is 2. The number of aliphatic hydroxyl groups is 1. The van der Waals surface area contributed by atoms with Gasteiger partial charge in [0.2, 0.25) is 5.91 Å². The van der Waals surface area contributed by atoms with Gasteiger partial charge < -0.3 is 19.5 Å². The van der Waals surface area contributed by atoms with Crippen LogP contribution in [0, 0.1) is 5.92 Å². The van der Waals surface area contributed by atoms with Gasteiger partial charge in [-0.05, 0) is 18.1 Å². The fraction of sp³-hybridized carbons (Fsp3) is 0.381. The molecule has 2 aromatic rings. The number of likely N-dealkylation sites (tertiary alicyclic amines) is 1. The molecule has 0 radical (unpaired) electrons. The maximum Gasteiger partial charge on any atom is 0.232 e. The molecule has 0 bridgehead atoms. The standard InChI is InChI=1S/C21H25NO4/c1-21(24)19(26-14-17-11-7-4-8-12-17)18(20(23)22(21)2)15-25-13-16-9-5-3-6-10-16/h3-12,18-19,24H,13-15H2,1-2H3/t18-,19-,21?/m0/s1. The Morgan fingerprint density at radius 2 is 1.54 bits per heavy atom. The van der Waals surface area contributed by atoms with Crippen molar-refractivity contribution in [3.8, 4) is 0 Å². The lowest BCUT2D eigenvalue weighted by molar-refractivity contribution is -0.159. The molecule has 1 amide bonds. The molecule has 3 rings (SSSR count). The summed E-state index contributed by atoms with van der Waals surface area (Å²) in [5.41, 5.74) is 0.668. The lowest BCUT2D eigenvalue weighted by Crippen LogP contribution is -2.48. The summed E-state index contributed by atoms with van der Waals surface area (Å²) in [5, 5.41) is 10.8. The first kappa shape index (κ1) is 18.6. The van der Waals surface area contributed by atoms with Gasteiger partial charge in [-0.25, -0.2) is 0 Å². The van der Waals surface area contributed by atoms with Gasteiger partial charge in [0.15, 0.2) is 5.72 Å². The molecule has 5 heteroatoms. The number of hydrogen-bond acceptors (Lipinski definition) is 4. The Kier molecular flexibility index (Phi) is 5.71. The molecule has 0 saturated carbocycles. The Balaban J connectivity index is 1.65. The van der Waals surface area contributed by atoms with Gasteiger partial charge in [-0.2, -0.15) is 0 Å². The highest BCUT2D eigenvalue weighted by atomic mass is 16.5. The summed E-state index contributed by atoms with van der Waals surface area (Å²) in [6.07, 6.45) is -0.657. The molecule has 1 fully saturated rings. The van der Waals surface area contributed by atoms with Crippen LogP contribution in [0.15, 0.2) is 60.7 Å². The Labute approximate surface area is 154 Å².